The van der Waals surface area contributed by atoms with Gasteiger partial charge in [-0.25, -0.2) is 4.79 Å². The van der Waals surface area contributed by atoms with Crippen LogP contribution in [-0.4, -0.2) is 25.1 Å². The van der Waals surface area contributed by atoms with Crippen LogP contribution in [0.15, 0.2) is 101 Å². The van der Waals surface area contributed by atoms with Crippen LogP contribution in [0.4, 0.5) is 11.4 Å². The molecule has 4 aromatic rings. The monoisotopic (exact) mass is 441 g/mol. The fraction of sp³-hybridized carbons (Fsp3) is 0.0769. The van der Waals surface area contributed by atoms with Crippen molar-refractivity contribution >= 4 is 45.8 Å². The molecule has 1 amide bonds. The molecule has 4 aromatic carbocycles. The third-order valence-corrected chi connectivity index (χ3v) is 6.25. The molecule has 0 aliphatic carbocycles. The number of rotatable bonds is 5. The molecule has 0 N–H and O–H groups in total. The first kappa shape index (κ1) is 20.2. The lowest BCUT2D eigenvalue weighted by Crippen LogP contribution is -2.33. The second-order valence-corrected chi connectivity index (χ2v) is 8.31. The Kier molecular flexibility index (Phi) is 5.52. The fourth-order valence-electron chi connectivity index (χ4n) is 3.62. The first-order valence-corrected chi connectivity index (χ1v) is 11.0. The van der Waals surface area contributed by atoms with Crippen molar-refractivity contribution in [3.63, 3.8) is 0 Å². The second-order valence-electron chi connectivity index (χ2n) is 7.22. The van der Waals surface area contributed by atoms with Crippen LogP contribution in [0.1, 0.15) is 0 Å². The van der Waals surface area contributed by atoms with E-state index in [1.54, 1.807) is 22.7 Å². The number of anilines is 2. The van der Waals surface area contributed by atoms with Crippen LogP contribution in [0.2, 0.25) is 0 Å². The molecular weight excluding hydrogens is 422 g/mol. The lowest BCUT2D eigenvalue weighted by atomic mass is 10.1. The first-order chi connectivity index (χ1) is 15.7. The van der Waals surface area contributed by atoms with Crippen LogP contribution in [0.5, 0.6) is 5.75 Å². The van der Waals surface area contributed by atoms with Crippen LogP contribution in [0.3, 0.4) is 0 Å². The van der Waals surface area contributed by atoms with Crippen molar-refractivity contribution < 1.29 is 19.1 Å². The lowest BCUT2D eigenvalue weighted by Gasteiger charge is -2.30. The van der Waals surface area contributed by atoms with Crippen molar-refractivity contribution in [3.8, 4) is 5.75 Å². The number of esters is 1. The zero-order valence-corrected chi connectivity index (χ0v) is 17.9. The molecule has 1 aliphatic rings. The van der Waals surface area contributed by atoms with Crippen molar-refractivity contribution in [3.05, 3.63) is 91.0 Å². The number of nitrogens with zero attached hydrogens (tertiary/aromatic N) is 1. The van der Waals surface area contributed by atoms with Gasteiger partial charge in [-0.2, -0.15) is 0 Å². The summed E-state index contributed by atoms with van der Waals surface area (Å²) in [6.07, 6.45) is 0. The average molecular weight is 442 g/mol. The van der Waals surface area contributed by atoms with E-state index in [9.17, 15) is 9.59 Å². The van der Waals surface area contributed by atoms with Crippen LogP contribution < -0.4 is 9.64 Å². The highest BCUT2D eigenvalue weighted by Gasteiger charge is 2.28. The number of benzene rings is 4. The summed E-state index contributed by atoms with van der Waals surface area (Å²) in [5.41, 5.74) is 1.56. The maximum atomic E-state index is 13.0. The minimum Gasteiger partial charge on any atom is -0.482 e. The molecule has 1 heterocycles. The van der Waals surface area contributed by atoms with Crippen molar-refractivity contribution in [2.24, 2.45) is 0 Å². The van der Waals surface area contributed by atoms with Crippen molar-refractivity contribution in [1.82, 2.24) is 0 Å². The predicted molar refractivity (Wildman–Crippen MR) is 125 cm³/mol. The van der Waals surface area contributed by atoms with E-state index >= 15 is 0 Å². The number of hydrogen-bond donors (Lipinski definition) is 0. The normalized spacial score (nSPS) is 12.1. The molecule has 5 rings (SSSR count). The summed E-state index contributed by atoms with van der Waals surface area (Å²) in [6, 6.07) is 28.9. The van der Waals surface area contributed by atoms with Gasteiger partial charge in [0.25, 0.3) is 5.91 Å². The Morgan fingerprint density at radius 1 is 0.719 bits per heavy atom. The average Bonchev–Trinajstić information content (AvgIpc) is 2.84. The molecule has 0 bridgehead atoms. The fourth-order valence-corrected chi connectivity index (χ4v) is 4.68. The van der Waals surface area contributed by atoms with E-state index in [-0.39, 0.29) is 19.1 Å². The number of hydrogen-bond acceptors (Lipinski definition) is 5. The Morgan fingerprint density at radius 2 is 1.34 bits per heavy atom. The molecule has 158 valence electrons. The number of para-hydroxylation sites is 2. The van der Waals surface area contributed by atoms with Gasteiger partial charge in [-0.15, -0.1) is 0 Å². The van der Waals surface area contributed by atoms with Crippen LogP contribution in [-0.2, 0) is 14.3 Å². The second kappa shape index (κ2) is 8.77. The molecule has 0 radical (unpaired) electrons. The zero-order valence-electron chi connectivity index (χ0n) is 17.1. The van der Waals surface area contributed by atoms with Crippen LogP contribution >= 0.6 is 11.8 Å². The van der Waals surface area contributed by atoms with Gasteiger partial charge in [-0.05, 0) is 47.2 Å². The predicted octanol–water partition coefficient (Wildman–Crippen LogP) is 5.59. The first-order valence-electron chi connectivity index (χ1n) is 10.2. The van der Waals surface area contributed by atoms with Crippen LogP contribution in [0, 0.1) is 0 Å². The molecule has 0 saturated carbocycles. The van der Waals surface area contributed by atoms with Gasteiger partial charge in [-0.3, -0.25) is 9.69 Å². The third kappa shape index (κ3) is 4.05. The Hall–Kier alpha value is -3.77. The van der Waals surface area contributed by atoms with E-state index < -0.39 is 5.97 Å². The van der Waals surface area contributed by atoms with Crippen molar-refractivity contribution in [2.75, 3.05) is 18.1 Å². The van der Waals surface area contributed by atoms with E-state index in [2.05, 4.69) is 0 Å². The number of carbonyl (C=O) groups is 2. The summed E-state index contributed by atoms with van der Waals surface area (Å²) < 4.78 is 10.8. The Balaban J connectivity index is 1.24. The third-order valence-electron chi connectivity index (χ3n) is 5.12. The molecule has 0 atom stereocenters. The standard InChI is InChI=1S/C26H19NO4S/c28-25(27-21-9-3-5-11-23(21)32-24-12-6-4-10-22(24)27)16-31-26(29)17-30-20-14-13-18-7-1-2-8-19(18)15-20/h1-15H,16-17H2. The highest BCUT2D eigenvalue weighted by Crippen LogP contribution is 2.47. The molecule has 1 aliphatic heterocycles. The molecule has 6 heteroatoms. The molecule has 0 saturated heterocycles. The minimum atomic E-state index is -0.598. The molecule has 32 heavy (non-hydrogen) atoms. The van der Waals surface area contributed by atoms with Gasteiger partial charge in [0, 0.05) is 9.79 Å². The van der Waals surface area contributed by atoms with Gasteiger partial charge in [-0.1, -0.05) is 66.4 Å². The van der Waals surface area contributed by atoms with E-state index in [1.807, 2.05) is 84.9 Å². The largest absolute Gasteiger partial charge is 0.482 e. The number of amides is 1. The molecule has 0 aromatic heterocycles. The Morgan fingerprint density at radius 3 is 2.06 bits per heavy atom. The number of ether oxygens (including phenoxy) is 2. The van der Waals surface area contributed by atoms with E-state index in [1.165, 1.54) is 0 Å². The number of carbonyl (C=O) groups excluding carboxylic acids is 2. The quantitative estimate of drug-likeness (QED) is 0.378. The smallest absolute Gasteiger partial charge is 0.344 e. The summed E-state index contributed by atoms with van der Waals surface area (Å²) >= 11 is 1.61. The van der Waals surface area contributed by atoms with E-state index in [0.29, 0.717) is 5.75 Å². The molecular formula is C26H19NO4S. The van der Waals surface area contributed by atoms with Gasteiger partial charge in [0.2, 0.25) is 0 Å². The van der Waals surface area contributed by atoms with Gasteiger partial charge >= 0.3 is 5.97 Å². The summed E-state index contributed by atoms with van der Waals surface area (Å²) in [5, 5.41) is 2.11. The zero-order chi connectivity index (χ0) is 21.9. The Labute approximate surface area is 189 Å². The summed E-state index contributed by atoms with van der Waals surface area (Å²) in [5.74, 6) is -0.341. The highest BCUT2D eigenvalue weighted by molar-refractivity contribution is 7.99. The number of fused-ring (bicyclic) bond motifs is 3. The van der Waals surface area contributed by atoms with Crippen molar-refractivity contribution in [1.29, 1.82) is 0 Å². The maximum Gasteiger partial charge on any atom is 0.344 e. The molecule has 0 unspecified atom stereocenters. The Bertz CT molecular complexity index is 1270. The maximum absolute atomic E-state index is 13.0. The van der Waals surface area contributed by atoms with Gasteiger partial charge in [0.15, 0.2) is 13.2 Å². The van der Waals surface area contributed by atoms with Gasteiger partial charge in [0.1, 0.15) is 5.75 Å². The van der Waals surface area contributed by atoms with Crippen LogP contribution in [0.25, 0.3) is 10.8 Å². The summed E-state index contributed by atoms with van der Waals surface area (Å²) in [4.78, 5) is 28.8. The van der Waals surface area contributed by atoms with E-state index in [4.69, 9.17) is 9.47 Å². The lowest BCUT2D eigenvalue weighted by molar-refractivity contribution is -0.149. The minimum absolute atomic E-state index is 0.269. The molecule has 0 fully saturated rings. The molecule has 0 spiro atoms. The van der Waals surface area contributed by atoms with Gasteiger partial charge in [0.05, 0.1) is 11.4 Å². The summed E-state index contributed by atoms with van der Waals surface area (Å²) in [6.45, 7) is -0.637. The SMILES string of the molecule is O=C(COc1ccc2ccccc2c1)OCC(=O)N1c2ccccc2Sc2ccccc21. The molecule has 5 nitrogen and oxygen atoms in total. The van der Waals surface area contributed by atoms with Crippen molar-refractivity contribution in [2.45, 2.75) is 9.79 Å². The summed E-state index contributed by atoms with van der Waals surface area (Å²) in [7, 11) is 0. The topological polar surface area (TPSA) is 55.8 Å². The van der Waals surface area contributed by atoms with E-state index in [0.717, 1.165) is 31.9 Å². The highest BCUT2D eigenvalue weighted by atomic mass is 32.2. The van der Waals surface area contributed by atoms with Gasteiger partial charge < -0.3 is 9.47 Å².